The lowest BCUT2D eigenvalue weighted by molar-refractivity contribution is 0.102. The molecular formula is C21H17ClN2O3S2. The average molecular weight is 445 g/mol. The molecule has 2 heterocycles. The van der Waals surface area contributed by atoms with Crippen LogP contribution in [0.1, 0.15) is 9.67 Å². The molecule has 4 aromatic rings. The number of amides is 1. The number of aromatic nitrogens is 1. The summed E-state index contributed by atoms with van der Waals surface area (Å²) < 4.78 is 11.8. The molecule has 2 aromatic heterocycles. The third kappa shape index (κ3) is 4.43. The summed E-state index contributed by atoms with van der Waals surface area (Å²) in [5, 5.41) is 4.23. The SMILES string of the molecule is COCCOc1c(Cl)cccc1NC(=O)c1ccc(-c2nc3ccccc3s2)s1. The first-order valence-electron chi connectivity index (χ1n) is 8.83. The van der Waals surface area contributed by atoms with Gasteiger partial charge in [0.2, 0.25) is 0 Å². The standard InChI is InChI=1S/C21H17ClN2O3S2/c1-26-11-12-27-19-13(22)5-4-7-15(19)23-20(25)17-9-10-18(28-17)21-24-14-6-2-3-8-16(14)29-21/h2-10H,11-12H2,1H3,(H,23,25). The number of hydrogen-bond acceptors (Lipinski definition) is 6. The second-order valence-electron chi connectivity index (χ2n) is 6.06. The Kier molecular flexibility index (Phi) is 6.10. The molecule has 0 unspecified atom stereocenters. The van der Waals surface area contributed by atoms with E-state index in [9.17, 15) is 4.79 Å². The van der Waals surface area contributed by atoms with Crippen molar-refractivity contribution in [2.45, 2.75) is 0 Å². The van der Waals surface area contributed by atoms with Crippen LogP contribution in [0.15, 0.2) is 54.6 Å². The van der Waals surface area contributed by atoms with Crippen LogP contribution in [0, 0.1) is 0 Å². The predicted molar refractivity (Wildman–Crippen MR) is 120 cm³/mol. The molecule has 148 valence electrons. The number of methoxy groups -OCH3 is 1. The Balaban J connectivity index is 1.53. The van der Waals surface area contributed by atoms with Gasteiger partial charge in [-0.15, -0.1) is 22.7 Å². The number of carbonyl (C=O) groups is 1. The molecule has 0 radical (unpaired) electrons. The highest BCUT2D eigenvalue weighted by atomic mass is 35.5. The van der Waals surface area contributed by atoms with Gasteiger partial charge in [0, 0.05) is 7.11 Å². The summed E-state index contributed by atoms with van der Waals surface area (Å²) >= 11 is 9.25. The highest BCUT2D eigenvalue weighted by Gasteiger charge is 2.16. The normalized spacial score (nSPS) is 11.0. The summed E-state index contributed by atoms with van der Waals surface area (Å²) in [6, 6.07) is 17.0. The zero-order valence-electron chi connectivity index (χ0n) is 15.5. The van der Waals surface area contributed by atoms with Crippen molar-refractivity contribution in [1.82, 2.24) is 4.98 Å². The number of hydrogen-bond donors (Lipinski definition) is 1. The van der Waals surface area contributed by atoms with Crippen LogP contribution in [-0.4, -0.2) is 31.2 Å². The molecule has 0 spiro atoms. The van der Waals surface area contributed by atoms with E-state index in [1.165, 1.54) is 11.3 Å². The monoisotopic (exact) mass is 444 g/mol. The van der Waals surface area contributed by atoms with Gasteiger partial charge in [-0.1, -0.05) is 29.8 Å². The Labute approximate surface area is 180 Å². The van der Waals surface area contributed by atoms with Crippen LogP contribution in [0.25, 0.3) is 20.1 Å². The Hall–Kier alpha value is -2.45. The highest BCUT2D eigenvalue weighted by Crippen LogP contribution is 2.36. The lowest BCUT2D eigenvalue weighted by atomic mass is 10.3. The minimum absolute atomic E-state index is 0.221. The molecule has 4 rings (SSSR count). The molecular weight excluding hydrogens is 428 g/mol. The van der Waals surface area contributed by atoms with Crippen LogP contribution in [0.5, 0.6) is 5.75 Å². The quantitative estimate of drug-likeness (QED) is 0.357. The van der Waals surface area contributed by atoms with Crippen molar-refractivity contribution in [3.63, 3.8) is 0 Å². The zero-order valence-corrected chi connectivity index (χ0v) is 17.9. The maximum absolute atomic E-state index is 12.8. The summed E-state index contributed by atoms with van der Waals surface area (Å²) in [4.78, 5) is 19.0. The lowest BCUT2D eigenvalue weighted by Crippen LogP contribution is -2.13. The van der Waals surface area contributed by atoms with Gasteiger partial charge < -0.3 is 14.8 Å². The van der Waals surface area contributed by atoms with E-state index in [-0.39, 0.29) is 5.91 Å². The van der Waals surface area contributed by atoms with Crippen molar-refractivity contribution >= 4 is 56.1 Å². The molecule has 0 aliphatic rings. The first-order valence-corrected chi connectivity index (χ1v) is 10.8. The van der Waals surface area contributed by atoms with Gasteiger partial charge in [-0.05, 0) is 36.4 Å². The van der Waals surface area contributed by atoms with E-state index in [2.05, 4.69) is 10.3 Å². The van der Waals surface area contributed by atoms with Crippen LogP contribution in [0.2, 0.25) is 5.02 Å². The number of fused-ring (bicyclic) bond motifs is 1. The van der Waals surface area contributed by atoms with Crippen LogP contribution in [-0.2, 0) is 4.74 Å². The molecule has 0 aliphatic carbocycles. The average Bonchev–Trinajstić information content (AvgIpc) is 3.37. The number of nitrogens with zero attached hydrogens (tertiary/aromatic N) is 1. The fourth-order valence-electron chi connectivity index (χ4n) is 2.72. The van der Waals surface area contributed by atoms with Crippen LogP contribution < -0.4 is 10.1 Å². The second kappa shape index (κ2) is 8.92. The molecule has 2 aromatic carbocycles. The van der Waals surface area contributed by atoms with Crippen LogP contribution in [0.4, 0.5) is 5.69 Å². The Morgan fingerprint density at radius 3 is 2.76 bits per heavy atom. The van der Waals surface area contributed by atoms with E-state index >= 15 is 0 Å². The van der Waals surface area contributed by atoms with Gasteiger partial charge in [0.25, 0.3) is 5.91 Å². The number of anilines is 1. The number of carbonyl (C=O) groups excluding carboxylic acids is 1. The van der Waals surface area contributed by atoms with E-state index in [0.29, 0.717) is 34.6 Å². The van der Waals surface area contributed by atoms with Crippen molar-refractivity contribution in [2.24, 2.45) is 0 Å². The van der Waals surface area contributed by atoms with Gasteiger partial charge in [-0.25, -0.2) is 4.98 Å². The van der Waals surface area contributed by atoms with Crippen molar-refractivity contribution in [2.75, 3.05) is 25.6 Å². The minimum atomic E-state index is -0.221. The first-order chi connectivity index (χ1) is 14.2. The van der Waals surface area contributed by atoms with E-state index in [1.807, 2.05) is 30.3 Å². The Morgan fingerprint density at radius 1 is 1.07 bits per heavy atom. The Morgan fingerprint density at radius 2 is 1.93 bits per heavy atom. The van der Waals surface area contributed by atoms with Gasteiger partial charge in [0.1, 0.15) is 11.6 Å². The van der Waals surface area contributed by atoms with Gasteiger partial charge in [0.05, 0.1) is 37.3 Å². The molecule has 0 bridgehead atoms. The molecule has 0 saturated carbocycles. The van der Waals surface area contributed by atoms with Crippen molar-refractivity contribution in [1.29, 1.82) is 0 Å². The number of benzene rings is 2. The summed E-state index contributed by atoms with van der Waals surface area (Å²) in [7, 11) is 1.60. The maximum atomic E-state index is 12.8. The fraction of sp³-hybridized carbons (Fsp3) is 0.143. The molecule has 1 amide bonds. The number of thiophene rings is 1. The summed E-state index contributed by atoms with van der Waals surface area (Å²) in [5.41, 5.74) is 1.48. The summed E-state index contributed by atoms with van der Waals surface area (Å²) in [6.07, 6.45) is 0. The molecule has 0 atom stereocenters. The maximum Gasteiger partial charge on any atom is 0.265 e. The predicted octanol–water partition coefficient (Wildman–Crippen LogP) is 5.96. The molecule has 5 nitrogen and oxygen atoms in total. The number of para-hydroxylation sites is 2. The van der Waals surface area contributed by atoms with Crippen LogP contribution >= 0.6 is 34.3 Å². The minimum Gasteiger partial charge on any atom is -0.487 e. The van der Waals surface area contributed by atoms with E-state index in [0.717, 1.165) is 20.1 Å². The molecule has 29 heavy (non-hydrogen) atoms. The molecule has 1 N–H and O–H groups in total. The molecule has 0 saturated heterocycles. The first kappa shape index (κ1) is 19.8. The molecule has 0 aliphatic heterocycles. The number of nitrogens with one attached hydrogen (secondary N) is 1. The second-order valence-corrected chi connectivity index (χ2v) is 8.58. The number of thiazole rings is 1. The number of ether oxygens (including phenoxy) is 2. The van der Waals surface area contributed by atoms with Gasteiger partial charge in [0.15, 0.2) is 5.75 Å². The van der Waals surface area contributed by atoms with Gasteiger partial charge in [-0.2, -0.15) is 0 Å². The highest BCUT2D eigenvalue weighted by molar-refractivity contribution is 7.26. The molecule has 0 fully saturated rings. The van der Waals surface area contributed by atoms with Crippen molar-refractivity contribution in [3.8, 4) is 15.6 Å². The third-order valence-electron chi connectivity index (χ3n) is 4.08. The smallest absolute Gasteiger partial charge is 0.265 e. The number of halogens is 1. The molecule has 8 heteroatoms. The van der Waals surface area contributed by atoms with E-state index in [1.54, 1.807) is 42.7 Å². The number of rotatable bonds is 7. The third-order valence-corrected chi connectivity index (χ3v) is 6.67. The van der Waals surface area contributed by atoms with Gasteiger partial charge in [-0.3, -0.25) is 4.79 Å². The van der Waals surface area contributed by atoms with E-state index in [4.69, 9.17) is 21.1 Å². The zero-order chi connectivity index (χ0) is 20.2. The summed E-state index contributed by atoms with van der Waals surface area (Å²) in [6.45, 7) is 0.763. The van der Waals surface area contributed by atoms with Crippen molar-refractivity contribution < 1.29 is 14.3 Å². The fourth-order valence-corrected chi connectivity index (χ4v) is 4.87. The largest absolute Gasteiger partial charge is 0.487 e. The topological polar surface area (TPSA) is 60.5 Å². The van der Waals surface area contributed by atoms with Crippen LogP contribution in [0.3, 0.4) is 0 Å². The van der Waals surface area contributed by atoms with E-state index < -0.39 is 0 Å². The lowest BCUT2D eigenvalue weighted by Gasteiger charge is -2.13. The van der Waals surface area contributed by atoms with Crippen molar-refractivity contribution in [3.05, 3.63) is 64.5 Å². The van der Waals surface area contributed by atoms with Gasteiger partial charge >= 0.3 is 0 Å². The Bertz CT molecular complexity index is 1120. The summed E-state index contributed by atoms with van der Waals surface area (Å²) in [5.74, 6) is 0.212.